The molecule has 0 fully saturated rings. The average Bonchev–Trinajstić information content (AvgIpc) is 2.03. The fourth-order valence-corrected chi connectivity index (χ4v) is 1.28. The second-order valence-corrected chi connectivity index (χ2v) is 3.33. The molecule has 0 atom stereocenters. The average molecular weight is 305 g/mol. The van der Waals surface area contributed by atoms with E-state index in [4.69, 9.17) is 0 Å². The number of hydrogen-bond acceptors (Lipinski definition) is 1. The van der Waals surface area contributed by atoms with Crippen LogP contribution >= 0.6 is 0 Å². The van der Waals surface area contributed by atoms with Crippen LogP contribution < -0.4 is 0 Å². The van der Waals surface area contributed by atoms with E-state index in [2.05, 4.69) is 15.5 Å². The quantitative estimate of drug-likeness (QED) is 0.691. The van der Waals surface area contributed by atoms with Gasteiger partial charge in [0.05, 0.1) is 0 Å². The molecule has 1 aliphatic carbocycles. The zero-order valence-electron chi connectivity index (χ0n) is 5.92. The molecule has 1 rings (SSSR count). The van der Waals surface area contributed by atoms with Crippen molar-refractivity contribution in [2.75, 3.05) is 0 Å². The van der Waals surface area contributed by atoms with Gasteiger partial charge in [-0.15, -0.1) is 0 Å². The normalized spacial score (nSPS) is 19.0. The van der Waals surface area contributed by atoms with E-state index in [-0.39, 0.29) is 0 Å². The van der Waals surface area contributed by atoms with Crippen molar-refractivity contribution in [3.8, 4) is 0 Å². The Morgan fingerprint density at radius 3 is 3.00 bits per heavy atom. The summed E-state index contributed by atoms with van der Waals surface area (Å²) in [4.78, 5) is 4.30. The summed E-state index contributed by atoms with van der Waals surface area (Å²) in [6, 6.07) is 0. The predicted octanol–water partition coefficient (Wildman–Crippen LogP) is 1.86. The third-order valence-electron chi connectivity index (χ3n) is 1.57. The fraction of sp³-hybridized carbons (Fsp3) is 0.500. The maximum atomic E-state index is 4.30. The fourth-order valence-electron chi connectivity index (χ4n) is 1.06. The topological polar surface area (TPSA) is 12.4 Å². The summed E-state index contributed by atoms with van der Waals surface area (Å²) in [5.74, 6) is 0. The van der Waals surface area contributed by atoms with Gasteiger partial charge in [-0.05, 0) is 0 Å². The van der Waals surface area contributed by atoms with Crippen molar-refractivity contribution in [3.05, 3.63) is 11.8 Å². The van der Waals surface area contributed by atoms with Crippen LogP contribution in [0.25, 0.3) is 0 Å². The monoisotopic (exact) mass is 305 g/mol. The maximum absolute atomic E-state index is 4.30. The molecule has 0 aromatic carbocycles. The van der Waals surface area contributed by atoms with Crippen LogP contribution in [-0.2, 0) is 19.4 Å². The van der Waals surface area contributed by atoms with Gasteiger partial charge in [-0.3, -0.25) is 0 Å². The minimum atomic E-state index is 1.18. The summed E-state index contributed by atoms with van der Waals surface area (Å²) >= 11 is 1.47. The number of nitrogens with zero attached hydrogens (tertiary/aromatic N) is 1. The molecule has 1 aliphatic rings. The Hall–Kier alpha value is -0.0317. The van der Waals surface area contributed by atoms with Crippen LogP contribution in [0.15, 0.2) is 16.8 Å². The Morgan fingerprint density at radius 1 is 1.50 bits per heavy atom. The van der Waals surface area contributed by atoms with Crippen LogP contribution in [0, 0.1) is 0 Å². The van der Waals surface area contributed by atoms with Gasteiger partial charge in [0.15, 0.2) is 0 Å². The first-order chi connectivity index (χ1) is 4.93. The van der Waals surface area contributed by atoms with Crippen LogP contribution in [0.4, 0.5) is 0 Å². The summed E-state index contributed by atoms with van der Waals surface area (Å²) in [5, 5.41) is 0. The van der Waals surface area contributed by atoms with Crippen LogP contribution in [0.2, 0.25) is 0 Å². The molecule has 0 bridgehead atoms. The third kappa shape index (κ3) is 2.70. The first-order valence-electron chi connectivity index (χ1n) is 3.60. The van der Waals surface area contributed by atoms with Crippen molar-refractivity contribution in [1.82, 2.24) is 0 Å². The molecule has 0 heterocycles. The van der Waals surface area contributed by atoms with E-state index in [1.807, 2.05) is 6.21 Å². The van der Waals surface area contributed by atoms with Gasteiger partial charge < -0.3 is 0 Å². The Bertz CT molecular complexity index is 167. The van der Waals surface area contributed by atoms with Gasteiger partial charge in [0, 0.05) is 0 Å². The number of allylic oxidation sites excluding steroid dienone is 2. The molecule has 1 nitrogen and oxygen atoms in total. The molecule has 0 saturated heterocycles. The molecule has 0 saturated carbocycles. The number of rotatable bonds is 2. The van der Waals surface area contributed by atoms with E-state index < -0.39 is 0 Å². The minimum absolute atomic E-state index is 1.18. The molecule has 54 valence electrons. The molecule has 0 radical (unpaired) electrons. The van der Waals surface area contributed by atoms with E-state index in [1.54, 1.807) is 0 Å². The summed E-state index contributed by atoms with van der Waals surface area (Å²) < 4.78 is 2.05. The molecule has 0 spiro atoms. The van der Waals surface area contributed by atoms with E-state index in [0.29, 0.717) is 0 Å². The van der Waals surface area contributed by atoms with E-state index >= 15 is 0 Å². The number of hydrogen-bond donors (Lipinski definition) is 0. The van der Waals surface area contributed by atoms with Crippen molar-refractivity contribution >= 4 is 10.6 Å². The zero-order chi connectivity index (χ0) is 7.23. The summed E-state index contributed by atoms with van der Waals surface area (Å²) in [6.07, 6.45) is 9.23. The Balaban J connectivity index is 2.45. The third-order valence-corrected chi connectivity index (χ3v) is 2.01. The standard InChI is InChI=1S/C8H11N.W/c1-2-9-8-6-4-3-5-7-8;/h1-2,6H,3-5,7H2;. The SMILES string of the molecule is [W]=[CH]C=NC1=CCCCC1. The van der Waals surface area contributed by atoms with Gasteiger partial charge in [-0.2, -0.15) is 0 Å². The van der Waals surface area contributed by atoms with Crippen LogP contribution in [0.3, 0.4) is 0 Å². The second kappa shape index (κ2) is 4.73. The van der Waals surface area contributed by atoms with Crippen molar-refractivity contribution in [2.45, 2.75) is 25.7 Å². The van der Waals surface area contributed by atoms with Crippen molar-refractivity contribution in [3.63, 3.8) is 0 Å². The van der Waals surface area contributed by atoms with Gasteiger partial charge >= 0.3 is 72.4 Å². The van der Waals surface area contributed by atoms with E-state index in [1.165, 1.54) is 50.7 Å². The molecule has 0 aliphatic heterocycles. The molecule has 10 heavy (non-hydrogen) atoms. The van der Waals surface area contributed by atoms with E-state index in [9.17, 15) is 0 Å². The van der Waals surface area contributed by atoms with Crippen molar-refractivity contribution in [2.24, 2.45) is 4.99 Å². The summed E-state index contributed by atoms with van der Waals surface area (Å²) in [6.45, 7) is 0. The van der Waals surface area contributed by atoms with Gasteiger partial charge in [0.25, 0.3) is 0 Å². The molecule has 0 unspecified atom stereocenters. The first-order valence-corrected chi connectivity index (χ1v) is 5.29. The molecule has 0 aromatic heterocycles. The van der Waals surface area contributed by atoms with Crippen LogP contribution in [-0.4, -0.2) is 10.6 Å². The van der Waals surface area contributed by atoms with Gasteiger partial charge in [0.2, 0.25) is 0 Å². The van der Waals surface area contributed by atoms with Crippen molar-refractivity contribution < 1.29 is 19.4 Å². The van der Waals surface area contributed by atoms with Gasteiger partial charge in [-0.1, -0.05) is 0 Å². The molecular formula is C8H11NW. The molecule has 0 aromatic rings. The van der Waals surface area contributed by atoms with Crippen LogP contribution in [0.5, 0.6) is 0 Å². The zero-order valence-corrected chi connectivity index (χ0v) is 8.85. The summed E-state index contributed by atoms with van der Waals surface area (Å²) in [5.41, 5.74) is 1.28. The molecular weight excluding hydrogens is 294 g/mol. The Labute approximate surface area is 72.6 Å². The first kappa shape index (κ1) is 8.07. The van der Waals surface area contributed by atoms with E-state index in [0.717, 1.165) is 0 Å². The van der Waals surface area contributed by atoms with Crippen LogP contribution in [0.1, 0.15) is 25.7 Å². The van der Waals surface area contributed by atoms with Gasteiger partial charge in [0.1, 0.15) is 0 Å². The predicted molar refractivity (Wildman–Crippen MR) is 41.1 cm³/mol. The van der Waals surface area contributed by atoms with Crippen molar-refractivity contribution in [1.29, 1.82) is 0 Å². The summed E-state index contributed by atoms with van der Waals surface area (Å²) in [7, 11) is 0. The molecule has 2 heteroatoms. The number of aliphatic imine (C=N–C) groups is 1. The Kier molecular flexibility index (Phi) is 3.82. The van der Waals surface area contributed by atoms with Gasteiger partial charge in [-0.25, -0.2) is 0 Å². The molecule has 0 amide bonds. The Morgan fingerprint density at radius 2 is 2.40 bits per heavy atom. The molecule has 0 N–H and O–H groups in total. The second-order valence-electron chi connectivity index (χ2n) is 2.36.